The lowest BCUT2D eigenvalue weighted by Gasteiger charge is -2.12. The van der Waals surface area contributed by atoms with Crippen molar-refractivity contribution in [2.45, 2.75) is 26.3 Å². The molecule has 3 aromatic rings. The molecular weight excluding hydrogens is 355 g/mol. The topological polar surface area (TPSA) is 61.2 Å². The van der Waals surface area contributed by atoms with Crippen LogP contribution >= 0.6 is 11.3 Å². The summed E-state index contributed by atoms with van der Waals surface area (Å²) in [5.74, 6) is 0.295. The van der Waals surface area contributed by atoms with Gasteiger partial charge >= 0.3 is 0 Å². The standard InChI is InChI=1S/C19H19FN2O3S/c1-12(23)7-9-22-16(8-10-25-2)21-18-17(19(22)24)15(11-26-18)13-3-5-14(20)6-4-13/h3-6,11H,7-10H2,1-2H3. The van der Waals surface area contributed by atoms with Crippen molar-refractivity contribution in [2.24, 2.45) is 0 Å². The van der Waals surface area contributed by atoms with E-state index in [1.807, 2.05) is 5.38 Å². The first kappa shape index (κ1) is 18.4. The molecule has 0 fully saturated rings. The number of Topliss-reactive ketones (excluding diaryl/α,β-unsaturated/α-hetero) is 1. The lowest BCUT2D eigenvalue weighted by Crippen LogP contribution is -2.26. The highest BCUT2D eigenvalue weighted by Crippen LogP contribution is 2.31. The van der Waals surface area contributed by atoms with Crippen LogP contribution in [0.3, 0.4) is 0 Å². The molecule has 7 heteroatoms. The van der Waals surface area contributed by atoms with E-state index in [9.17, 15) is 14.0 Å². The number of carbonyl (C=O) groups is 1. The number of halogens is 1. The molecule has 3 rings (SSSR count). The maximum Gasteiger partial charge on any atom is 0.262 e. The third kappa shape index (κ3) is 3.73. The molecule has 0 radical (unpaired) electrons. The second-order valence-corrected chi connectivity index (χ2v) is 6.87. The van der Waals surface area contributed by atoms with Crippen molar-refractivity contribution in [3.63, 3.8) is 0 Å². The van der Waals surface area contributed by atoms with Gasteiger partial charge in [-0.25, -0.2) is 9.37 Å². The Morgan fingerprint density at radius 1 is 1.31 bits per heavy atom. The molecule has 0 N–H and O–H groups in total. The highest BCUT2D eigenvalue weighted by Gasteiger charge is 2.17. The van der Waals surface area contributed by atoms with Crippen LogP contribution in [0, 0.1) is 5.82 Å². The zero-order chi connectivity index (χ0) is 18.7. The number of hydrogen-bond donors (Lipinski definition) is 0. The van der Waals surface area contributed by atoms with Gasteiger partial charge in [-0.1, -0.05) is 12.1 Å². The van der Waals surface area contributed by atoms with Gasteiger partial charge in [0.1, 0.15) is 22.3 Å². The molecule has 136 valence electrons. The van der Waals surface area contributed by atoms with Gasteiger partial charge in [-0.3, -0.25) is 14.2 Å². The number of benzene rings is 1. The van der Waals surface area contributed by atoms with Gasteiger partial charge in [-0.2, -0.15) is 0 Å². The van der Waals surface area contributed by atoms with E-state index in [0.717, 1.165) is 11.1 Å². The first-order valence-corrected chi connectivity index (χ1v) is 9.14. The number of hydrogen-bond acceptors (Lipinski definition) is 5. The first-order valence-electron chi connectivity index (χ1n) is 8.26. The van der Waals surface area contributed by atoms with Crippen LogP contribution < -0.4 is 5.56 Å². The predicted octanol–water partition coefficient (Wildman–Crippen LogP) is 3.43. The molecule has 0 saturated heterocycles. The Morgan fingerprint density at radius 2 is 2.04 bits per heavy atom. The molecular formula is C19H19FN2O3S. The summed E-state index contributed by atoms with van der Waals surface area (Å²) >= 11 is 1.38. The van der Waals surface area contributed by atoms with Crippen molar-refractivity contribution >= 4 is 27.3 Å². The maximum atomic E-state index is 13.2. The number of ether oxygens (including phenoxy) is 1. The zero-order valence-electron chi connectivity index (χ0n) is 14.6. The normalized spacial score (nSPS) is 11.2. The molecule has 0 aliphatic heterocycles. The van der Waals surface area contributed by atoms with Crippen molar-refractivity contribution in [1.82, 2.24) is 9.55 Å². The van der Waals surface area contributed by atoms with E-state index in [1.165, 1.54) is 30.4 Å². The molecule has 5 nitrogen and oxygen atoms in total. The molecule has 2 aromatic heterocycles. The summed E-state index contributed by atoms with van der Waals surface area (Å²) in [6.07, 6.45) is 0.756. The van der Waals surface area contributed by atoms with E-state index in [2.05, 4.69) is 4.98 Å². The van der Waals surface area contributed by atoms with Crippen LogP contribution in [0.1, 0.15) is 19.2 Å². The van der Waals surface area contributed by atoms with E-state index in [-0.39, 0.29) is 30.1 Å². The maximum absolute atomic E-state index is 13.2. The lowest BCUT2D eigenvalue weighted by atomic mass is 10.1. The van der Waals surface area contributed by atoms with Crippen LogP contribution in [0.15, 0.2) is 34.4 Å². The summed E-state index contributed by atoms with van der Waals surface area (Å²) in [7, 11) is 1.59. The molecule has 0 aliphatic rings. The molecule has 1 aromatic carbocycles. The predicted molar refractivity (Wildman–Crippen MR) is 100 cm³/mol. The number of carbonyl (C=O) groups excluding carboxylic acids is 1. The number of aromatic nitrogens is 2. The van der Waals surface area contributed by atoms with Crippen LogP contribution in [0.2, 0.25) is 0 Å². The van der Waals surface area contributed by atoms with Gasteiger partial charge in [0.15, 0.2) is 0 Å². The molecule has 26 heavy (non-hydrogen) atoms. The Morgan fingerprint density at radius 3 is 2.69 bits per heavy atom. The first-order chi connectivity index (χ1) is 12.5. The summed E-state index contributed by atoms with van der Waals surface area (Å²) in [5.41, 5.74) is 1.32. The molecule has 0 atom stereocenters. The van der Waals surface area contributed by atoms with Gasteiger partial charge in [-0.05, 0) is 24.6 Å². The van der Waals surface area contributed by atoms with Gasteiger partial charge in [0.2, 0.25) is 0 Å². The highest BCUT2D eigenvalue weighted by molar-refractivity contribution is 7.17. The third-order valence-corrected chi connectivity index (χ3v) is 5.02. The summed E-state index contributed by atoms with van der Waals surface area (Å²) in [5, 5.41) is 2.37. The van der Waals surface area contributed by atoms with Gasteiger partial charge in [0.25, 0.3) is 5.56 Å². The molecule has 0 aliphatic carbocycles. The van der Waals surface area contributed by atoms with Gasteiger partial charge in [-0.15, -0.1) is 11.3 Å². The average Bonchev–Trinajstić information content (AvgIpc) is 3.04. The van der Waals surface area contributed by atoms with Crippen molar-refractivity contribution in [3.8, 4) is 11.1 Å². The minimum atomic E-state index is -0.327. The Hall–Kier alpha value is -2.38. The lowest BCUT2D eigenvalue weighted by molar-refractivity contribution is -0.117. The van der Waals surface area contributed by atoms with E-state index < -0.39 is 0 Å². The molecule has 2 heterocycles. The van der Waals surface area contributed by atoms with Gasteiger partial charge in [0, 0.05) is 37.4 Å². The third-order valence-electron chi connectivity index (χ3n) is 4.15. The van der Waals surface area contributed by atoms with E-state index in [4.69, 9.17) is 4.74 Å². The number of ketones is 1. The van der Waals surface area contributed by atoms with Crippen LogP contribution in [0.4, 0.5) is 4.39 Å². The van der Waals surface area contributed by atoms with Gasteiger partial charge in [0.05, 0.1) is 12.0 Å². The number of thiophene rings is 1. The Balaban J connectivity index is 2.16. The van der Waals surface area contributed by atoms with Crippen molar-refractivity contribution in [2.75, 3.05) is 13.7 Å². The zero-order valence-corrected chi connectivity index (χ0v) is 15.4. The van der Waals surface area contributed by atoms with E-state index >= 15 is 0 Å². The fourth-order valence-corrected chi connectivity index (χ4v) is 3.75. The Kier molecular flexibility index (Phi) is 5.58. The monoisotopic (exact) mass is 374 g/mol. The molecule has 0 unspecified atom stereocenters. The van der Waals surface area contributed by atoms with Crippen LogP contribution in [-0.2, 0) is 22.5 Å². The Labute approximate surface area is 154 Å². The van der Waals surface area contributed by atoms with E-state index in [1.54, 1.807) is 23.8 Å². The highest BCUT2D eigenvalue weighted by atomic mass is 32.1. The fourth-order valence-electron chi connectivity index (χ4n) is 2.79. The second-order valence-electron chi connectivity index (χ2n) is 6.02. The number of rotatable bonds is 7. The minimum absolute atomic E-state index is 0.0127. The summed E-state index contributed by atoms with van der Waals surface area (Å²) in [6.45, 7) is 2.23. The smallest absolute Gasteiger partial charge is 0.262 e. The summed E-state index contributed by atoms with van der Waals surface area (Å²) < 4.78 is 19.9. The Bertz CT molecular complexity index is 992. The molecule has 0 amide bonds. The SMILES string of the molecule is COCCc1nc2scc(-c3ccc(F)cc3)c2c(=O)n1CCC(C)=O. The minimum Gasteiger partial charge on any atom is -0.384 e. The molecule has 0 bridgehead atoms. The number of methoxy groups -OCH3 is 1. The van der Waals surface area contributed by atoms with Crippen molar-refractivity contribution < 1.29 is 13.9 Å². The second kappa shape index (κ2) is 7.88. The fraction of sp³-hybridized carbons (Fsp3) is 0.316. The molecule has 0 saturated carbocycles. The average molecular weight is 374 g/mol. The number of fused-ring (bicyclic) bond motifs is 1. The largest absolute Gasteiger partial charge is 0.384 e. The van der Waals surface area contributed by atoms with Crippen molar-refractivity contribution in [3.05, 3.63) is 51.6 Å². The van der Waals surface area contributed by atoms with E-state index in [0.29, 0.717) is 29.1 Å². The number of nitrogens with zero attached hydrogens (tertiary/aromatic N) is 2. The summed E-state index contributed by atoms with van der Waals surface area (Å²) in [4.78, 5) is 29.8. The van der Waals surface area contributed by atoms with Crippen LogP contribution in [0.5, 0.6) is 0 Å². The summed E-state index contributed by atoms with van der Waals surface area (Å²) in [6, 6.07) is 6.03. The van der Waals surface area contributed by atoms with Gasteiger partial charge < -0.3 is 4.74 Å². The molecule has 0 spiro atoms. The van der Waals surface area contributed by atoms with Crippen LogP contribution in [0.25, 0.3) is 21.3 Å². The van der Waals surface area contributed by atoms with Crippen molar-refractivity contribution in [1.29, 1.82) is 0 Å². The van der Waals surface area contributed by atoms with Crippen LogP contribution in [-0.4, -0.2) is 29.1 Å². The quantitative estimate of drug-likeness (QED) is 0.636.